The molecule has 28 heavy (non-hydrogen) atoms. The second-order valence-corrected chi connectivity index (χ2v) is 8.29. The Balaban J connectivity index is 1.56. The SMILES string of the molecule is CN=C(NCc1ccc(C(C)(C)C)cc1)NCC1CC(=O)Nc2ccccc21. The Morgan fingerprint density at radius 1 is 1.11 bits per heavy atom. The van der Waals surface area contributed by atoms with Crippen LogP contribution >= 0.6 is 0 Å². The molecule has 1 heterocycles. The predicted molar refractivity (Wildman–Crippen MR) is 116 cm³/mol. The number of amides is 1. The molecule has 0 aliphatic carbocycles. The number of hydrogen-bond donors (Lipinski definition) is 3. The molecule has 3 N–H and O–H groups in total. The van der Waals surface area contributed by atoms with Gasteiger partial charge in [-0.1, -0.05) is 63.2 Å². The fraction of sp³-hybridized carbons (Fsp3) is 0.391. The zero-order valence-corrected chi connectivity index (χ0v) is 17.2. The molecule has 1 aliphatic rings. The first-order valence-corrected chi connectivity index (χ1v) is 9.79. The van der Waals surface area contributed by atoms with Crippen molar-refractivity contribution in [2.45, 2.75) is 45.1 Å². The van der Waals surface area contributed by atoms with Crippen molar-refractivity contribution in [2.75, 3.05) is 18.9 Å². The third-order valence-corrected chi connectivity index (χ3v) is 5.13. The molecule has 1 aliphatic heterocycles. The maximum atomic E-state index is 12.0. The van der Waals surface area contributed by atoms with E-state index in [1.54, 1.807) is 7.05 Å². The van der Waals surface area contributed by atoms with Crippen LogP contribution in [-0.4, -0.2) is 25.5 Å². The van der Waals surface area contributed by atoms with Crippen molar-refractivity contribution in [2.24, 2.45) is 4.99 Å². The minimum absolute atomic E-state index is 0.0624. The number of nitrogens with one attached hydrogen (secondary N) is 3. The molecule has 1 atom stereocenters. The normalized spacial score (nSPS) is 16.9. The Hall–Kier alpha value is -2.82. The van der Waals surface area contributed by atoms with E-state index in [9.17, 15) is 4.79 Å². The molecule has 1 unspecified atom stereocenters. The Kier molecular flexibility index (Phi) is 6.02. The van der Waals surface area contributed by atoms with Gasteiger partial charge in [0.2, 0.25) is 5.91 Å². The number of anilines is 1. The van der Waals surface area contributed by atoms with Crippen molar-refractivity contribution in [1.82, 2.24) is 10.6 Å². The summed E-state index contributed by atoms with van der Waals surface area (Å²) in [5, 5.41) is 9.66. The van der Waals surface area contributed by atoms with Gasteiger partial charge < -0.3 is 16.0 Å². The van der Waals surface area contributed by atoms with E-state index in [2.05, 4.69) is 72.0 Å². The number of nitrogens with zero attached hydrogens (tertiary/aromatic N) is 1. The number of rotatable bonds is 4. The summed E-state index contributed by atoms with van der Waals surface area (Å²) < 4.78 is 0. The quantitative estimate of drug-likeness (QED) is 0.560. The molecular weight excluding hydrogens is 348 g/mol. The fourth-order valence-electron chi connectivity index (χ4n) is 3.43. The number of hydrogen-bond acceptors (Lipinski definition) is 2. The summed E-state index contributed by atoms with van der Waals surface area (Å²) in [5.41, 5.74) is 4.77. The summed E-state index contributed by atoms with van der Waals surface area (Å²) in [4.78, 5) is 16.3. The van der Waals surface area contributed by atoms with Gasteiger partial charge in [0.25, 0.3) is 0 Å². The molecule has 0 bridgehead atoms. The Labute approximate surface area is 167 Å². The van der Waals surface area contributed by atoms with Gasteiger partial charge in [0.05, 0.1) is 0 Å². The van der Waals surface area contributed by atoms with Gasteiger partial charge in [0, 0.05) is 38.2 Å². The van der Waals surface area contributed by atoms with E-state index in [0.29, 0.717) is 19.5 Å². The van der Waals surface area contributed by atoms with Crippen LogP contribution in [0.1, 0.15) is 49.8 Å². The van der Waals surface area contributed by atoms with Gasteiger partial charge in [-0.15, -0.1) is 0 Å². The number of para-hydroxylation sites is 1. The zero-order chi connectivity index (χ0) is 20.1. The Bertz CT molecular complexity index is 850. The summed E-state index contributed by atoms with van der Waals surface area (Å²) in [6.45, 7) is 8.01. The molecule has 5 heteroatoms. The van der Waals surface area contributed by atoms with Crippen LogP contribution in [0.3, 0.4) is 0 Å². The second-order valence-electron chi connectivity index (χ2n) is 8.29. The van der Waals surface area contributed by atoms with Gasteiger partial charge in [-0.05, 0) is 28.2 Å². The molecule has 0 saturated heterocycles. The van der Waals surface area contributed by atoms with Crippen LogP contribution in [0.15, 0.2) is 53.5 Å². The van der Waals surface area contributed by atoms with Crippen molar-refractivity contribution in [1.29, 1.82) is 0 Å². The summed E-state index contributed by atoms with van der Waals surface area (Å²) in [6, 6.07) is 16.7. The third-order valence-electron chi connectivity index (χ3n) is 5.13. The Morgan fingerprint density at radius 3 is 2.50 bits per heavy atom. The summed E-state index contributed by atoms with van der Waals surface area (Å²) >= 11 is 0. The highest BCUT2D eigenvalue weighted by Gasteiger charge is 2.24. The summed E-state index contributed by atoms with van der Waals surface area (Å²) in [5.74, 6) is 0.935. The van der Waals surface area contributed by atoms with Crippen molar-refractivity contribution in [3.8, 4) is 0 Å². The molecule has 0 radical (unpaired) electrons. The molecule has 2 aromatic carbocycles. The fourth-order valence-corrected chi connectivity index (χ4v) is 3.43. The second kappa shape index (κ2) is 8.46. The molecule has 148 valence electrons. The molecule has 3 rings (SSSR count). The topological polar surface area (TPSA) is 65.5 Å². The molecule has 0 spiro atoms. The molecule has 0 fully saturated rings. The van der Waals surface area contributed by atoms with Crippen LogP contribution in [0, 0.1) is 0 Å². The summed E-state index contributed by atoms with van der Waals surface area (Å²) in [6.07, 6.45) is 0.481. The van der Waals surface area contributed by atoms with Crippen LogP contribution in [0.5, 0.6) is 0 Å². The smallest absolute Gasteiger partial charge is 0.225 e. The number of fused-ring (bicyclic) bond motifs is 1. The lowest BCUT2D eigenvalue weighted by molar-refractivity contribution is -0.116. The average molecular weight is 379 g/mol. The van der Waals surface area contributed by atoms with Gasteiger partial charge >= 0.3 is 0 Å². The van der Waals surface area contributed by atoms with Crippen molar-refractivity contribution < 1.29 is 4.79 Å². The lowest BCUT2D eigenvalue weighted by atomic mass is 9.87. The van der Waals surface area contributed by atoms with Crippen LogP contribution in [-0.2, 0) is 16.8 Å². The van der Waals surface area contributed by atoms with Gasteiger partial charge in [0.15, 0.2) is 5.96 Å². The molecule has 0 saturated carbocycles. The predicted octanol–water partition coefficient (Wildman–Crippen LogP) is 3.78. The molecule has 0 aromatic heterocycles. The van der Waals surface area contributed by atoms with Gasteiger partial charge in [-0.2, -0.15) is 0 Å². The molecule has 1 amide bonds. The Morgan fingerprint density at radius 2 is 1.82 bits per heavy atom. The highest BCUT2D eigenvalue weighted by molar-refractivity contribution is 5.94. The first-order valence-electron chi connectivity index (χ1n) is 9.79. The van der Waals surface area contributed by atoms with Crippen molar-refractivity contribution in [3.63, 3.8) is 0 Å². The largest absolute Gasteiger partial charge is 0.356 e. The number of aliphatic imine (C=N–C) groups is 1. The van der Waals surface area contributed by atoms with Crippen molar-refractivity contribution >= 4 is 17.6 Å². The number of carbonyl (C=O) groups excluding carboxylic acids is 1. The van der Waals surface area contributed by atoms with Crippen LogP contribution in [0.2, 0.25) is 0 Å². The van der Waals surface area contributed by atoms with E-state index < -0.39 is 0 Å². The molecule has 2 aromatic rings. The van der Waals surface area contributed by atoms with Crippen LogP contribution < -0.4 is 16.0 Å². The lowest BCUT2D eigenvalue weighted by Gasteiger charge is -2.26. The monoisotopic (exact) mass is 378 g/mol. The maximum absolute atomic E-state index is 12.0. The first-order chi connectivity index (χ1) is 13.4. The minimum atomic E-state index is 0.0624. The van der Waals surface area contributed by atoms with Crippen LogP contribution in [0.25, 0.3) is 0 Å². The van der Waals surface area contributed by atoms with E-state index in [4.69, 9.17) is 0 Å². The van der Waals surface area contributed by atoms with Gasteiger partial charge in [-0.25, -0.2) is 0 Å². The highest BCUT2D eigenvalue weighted by Crippen LogP contribution is 2.31. The minimum Gasteiger partial charge on any atom is -0.356 e. The lowest BCUT2D eigenvalue weighted by Crippen LogP contribution is -2.40. The van der Waals surface area contributed by atoms with E-state index in [0.717, 1.165) is 11.6 Å². The van der Waals surface area contributed by atoms with E-state index in [1.807, 2.05) is 18.2 Å². The average Bonchev–Trinajstić information content (AvgIpc) is 2.67. The first kappa shape index (κ1) is 19.9. The van der Waals surface area contributed by atoms with E-state index in [-0.39, 0.29) is 17.2 Å². The number of guanidine groups is 1. The van der Waals surface area contributed by atoms with E-state index in [1.165, 1.54) is 16.7 Å². The van der Waals surface area contributed by atoms with E-state index >= 15 is 0 Å². The molecule has 5 nitrogen and oxygen atoms in total. The summed E-state index contributed by atoms with van der Waals surface area (Å²) in [7, 11) is 1.76. The third kappa shape index (κ3) is 4.91. The maximum Gasteiger partial charge on any atom is 0.225 e. The van der Waals surface area contributed by atoms with Gasteiger partial charge in [0.1, 0.15) is 0 Å². The standard InChI is InChI=1S/C23H30N4O/c1-23(2,3)18-11-9-16(10-12-18)14-25-22(24-4)26-15-17-13-21(28)27-20-8-6-5-7-19(17)20/h5-12,17H,13-15H2,1-4H3,(H,27,28)(H2,24,25,26). The molecular formula is C23H30N4O. The highest BCUT2D eigenvalue weighted by atomic mass is 16.1. The van der Waals surface area contributed by atoms with Crippen molar-refractivity contribution in [3.05, 3.63) is 65.2 Å². The van der Waals surface area contributed by atoms with Gasteiger partial charge in [-0.3, -0.25) is 9.79 Å². The van der Waals surface area contributed by atoms with Crippen LogP contribution in [0.4, 0.5) is 5.69 Å². The zero-order valence-electron chi connectivity index (χ0n) is 17.2. The number of carbonyl (C=O) groups is 1. The number of benzene rings is 2.